The van der Waals surface area contributed by atoms with E-state index in [0.29, 0.717) is 17.8 Å². The molecule has 7 heteroatoms. The lowest BCUT2D eigenvalue weighted by Crippen LogP contribution is -2.29. The standard InChI is InChI=1S/C26H28FN5O/c1-16(29-26-30-25(31-32-26)19-7-10-21(33-2)11-8-19)17-3-5-18(6-4-17)22-13-14-28-24-12-9-20(27)15-23(22)24/h7-18H,3-6H2,1-2H3,(H2,29,30,31,32)/t16-,17?,18?/m1/s1. The second-order valence-corrected chi connectivity index (χ2v) is 8.84. The fourth-order valence-electron chi connectivity index (χ4n) is 4.95. The van der Waals surface area contributed by atoms with Gasteiger partial charge in [-0.15, -0.1) is 5.10 Å². The van der Waals surface area contributed by atoms with Crippen LogP contribution < -0.4 is 10.1 Å². The summed E-state index contributed by atoms with van der Waals surface area (Å²) in [6, 6.07) is 14.9. The van der Waals surface area contributed by atoms with Gasteiger partial charge in [-0.1, -0.05) is 0 Å². The third kappa shape index (κ3) is 4.53. The summed E-state index contributed by atoms with van der Waals surface area (Å²) in [7, 11) is 1.65. The van der Waals surface area contributed by atoms with E-state index in [4.69, 9.17) is 4.74 Å². The van der Waals surface area contributed by atoms with Crippen molar-refractivity contribution in [1.82, 2.24) is 20.2 Å². The van der Waals surface area contributed by atoms with Crippen molar-refractivity contribution >= 4 is 16.9 Å². The van der Waals surface area contributed by atoms with Gasteiger partial charge >= 0.3 is 0 Å². The quantitative estimate of drug-likeness (QED) is 0.384. The lowest BCUT2D eigenvalue weighted by atomic mass is 9.75. The maximum atomic E-state index is 13.8. The zero-order chi connectivity index (χ0) is 22.8. The molecule has 0 spiro atoms. The predicted molar refractivity (Wildman–Crippen MR) is 128 cm³/mol. The second kappa shape index (κ2) is 9.17. The van der Waals surface area contributed by atoms with Gasteiger partial charge in [0.05, 0.1) is 12.6 Å². The van der Waals surface area contributed by atoms with Gasteiger partial charge in [-0.3, -0.25) is 10.1 Å². The maximum absolute atomic E-state index is 13.8. The molecule has 5 rings (SSSR count). The number of pyridine rings is 1. The van der Waals surface area contributed by atoms with Gasteiger partial charge in [-0.25, -0.2) is 4.39 Å². The van der Waals surface area contributed by atoms with E-state index >= 15 is 0 Å². The number of aromatic amines is 1. The third-order valence-corrected chi connectivity index (χ3v) is 6.86. The van der Waals surface area contributed by atoms with Crippen molar-refractivity contribution in [2.45, 2.75) is 44.6 Å². The molecule has 0 saturated heterocycles. The molecule has 0 aliphatic heterocycles. The molecule has 0 unspecified atom stereocenters. The average Bonchev–Trinajstić information content (AvgIpc) is 3.32. The minimum atomic E-state index is -0.205. The number of nitrogens with one attached hydrogen (secondary N) is 2. The van der Waals surface area contributed by atoms with Crippen molar-refractivity contribution in [3.8, 4) is 17.1 Å². The van der Waals surface area contributed by atoms with Crippen molar-refractivity contribution in [3.05, 3.63) is 66.1 Å². The Bertz CT molecular complexity index is 1230. The number of methoxy groups -OCH3 is 1. The van der Waals surface area contributed by atoms with Gasteiger partial charge in [0.15, 0.2) is 5.82 Å². The molecule has 0 amide bonds. The molecule has 1 fully saturated rings. The minimum absolute atomic E-state index is 0.205. The molecule has 1 saturated carbocycles. The Labute approximate surface area is 192 Å². The number of rotatable bonds is 6. The van der Waals surface area contributed by atoms with Crippen LogP contribution in [0.5, 0.6) is 5.75 Å². The number of H-pyrrole nitrogens is 1. The van der Waals surface area contributed by atoms with Crippen LogP contribution in [0, 0.1) is 11.7 Å². The molecule has 1 aliphatic carbocycles. The fraction of sp³-hybridized carbons (Fsp3) is 0.346. The molecule has 0 bridgehead atoms. The van der Waals surface area contributed by atoms with E-state index in [1.165, 1.54) is 11.6 Å². The lowest BCUT2D eigenvalue weighted by molar-refractivity contribution is 0.301. The largest absolute Gasteiger partial charge is 0.497 e. The number of hydrogen-bond acceptors (Lipinski definition) is 5. The predicted octanol–water partition coefficient (Wildman–Crippen LogP) is 5.94. The molecule has 4 aromatic rings. The number of halogens is 1. The second-order valence-electron chi connectivity index (χ2n) is 8.84. The number of benzene rings is 2. The fourth-order valence-corrected chi connectivity index (χ4v) is 4.95. The van der Waals surface area contributed by atoms with Crippen LogP contribution in [0.3, 0.4) is 0 Å². The number of nitrogens with zero attached hydrogens (tertiary/aromatic N) is 3. The van der Waals surface area contributed by atoms with E-state index in [1.807, 2.05) is 30.5 Å². The summed E-state index contributed by atoms with van der Waals surface area (Å²) >= 11 is 0. The van der Waals surface area contributed by atoms with Crippen LogP contribution in [0.15, 0.2) is 54.7 Å². The molecular formula is C26H28FN5O. The molecule has 33 heavy (non-hydrogen) atoms. The first-order chi connectivity index (χ1) is 16.1. The van der Waals surface area contributed by atoms with Crippen LogP contribution in [0.25, 0.3) is 22.3 Å². The Kier molecular flexibility index (Phi) is 5.94. The van der Waals surface area contributed by atoms with Crippen LogP contribution in [0.2, 0.25) is 0 Å². The van der Waals surface area contributed by atoms with Crippen LogP contribution >= 0.6 is 0 Å². The smallest absolute Gasteiger partial charge is 0.242 e. The van der Waals surface area contributed by atoms with Crippen molar-refractivity contribution < 1.29 is 9.13 Å². The summed E-state index contributed by atoms with van der Waals surface area (Å²) in [4.78, 5) is 9.02. The van der Waals surface area contributed by atoms with E-state index in [2.05, 4.69) is 38.5 Å². The van der Waals surface area contributed by atoms with E-state index < -0.39 is 0 Å². The van der Waals surface area contributed by atoms with E-state index in [1.54, 1.807) is 19.2 Å². The SMILES string of the molecule is COc1ccc(-c2nc(N[C@H](C)C3CCC(c4ccnc5ccc(F)cc45)CC3)n[nH]2)cc1. The first kappa shape index (κ1) is 21.4. The number of hydrogen-bond donors (Lipinski definition) is 2. The van der Waals surface area contributed by atoms with E-state index in [9.17, 15) is 4.39 Å². The summed E-state index contributed by atoms with van der Waals surface area (Å²) in [5, 5.41) is 11.8. The first-order valence-corrected chi connectivity index (χ1v) is 11.5. The molecule has 170 valence electrons. The van der Waals surface area contributed by atoms with Crippen LogP contribution in [0.1, 0.15) is 44.1 Å². The molecule has 2 aromatic carbocycles. The van der Waals surface area contributed by atoms with Crippen LogP contribution in [0.4, 0.5) is 10.3 Å². The number of ether oxygens (including phenoxy) is 1. The number of anilines is 1. The maximum Gasteiger partial charge on any atom is 0.242 e. The zero-order valence-electron chi connectivity index (χ0n) is 18.9. The Morgan fingerprint density at radius 2 is 1.85 bits per heavy atom. The molecular weight excluding hydrogens is 417 g/mol. The van der Waals surface area contributed by atoms with Gasteiger partial charge in [0, 0.05) is 23.2 Å². The minimum Gasteiger partial charge on any atom is -0.497 e. The molecule has 2 aromatic heterocycles. The third-order valence-electron chi connectivity index (χ3n) is 6.86. The highest BCUT2D eigenvalue weighted by Crippen LogP contribution is 2.39. The molecule has 2 heterocycles. The van der Waals surface area contributed by atoms with E-state index in [-0.39, 0.29) is 11.9 Å². The normalized spacial score (nSPS) is 19.4. The summed E-state index contributed by atoms with van der Waals surface area (Å²) in [5.41, 5.74) is 3.05. The molecule has 2 N–H and O–H groups in total. The molecule has 1 atom stereocenters. The highest BCUT2D eigenvalue weighted by atomic mass is 19.1. The van der Waals surface area contributed by atoms with Crippen molar-refractivity contribution in [2.75, 3.05) is 12.4 Å². The Morgan fingerprint density at radius 1 is 1.06 bits per heavy atom. The monoisotopic (exact) mass is 445 g/mol. The van der Waals surface area contributed by atoms with Crippen LogP contribution in [-0.2, 0) is 0 Å². The topological polar surface area (TPSA) is 75.7 Å². The van der Waals surface area contributed by atoms with Gasteiger partial charge in [0.2, 0.25) is 5.95 Å². The summed E-state index contributed by atoms with van der Waals surface area (Å²) in [6.45, 7) is 2.20. The number of aromatic nitrogens is 4. The summed E-state index contributed by atoms with van der Waals surface area (Å²) in [6.07, 6.45) is 6.21. The van der Waals surface area contributed by atoms with Gasteiger partial charge in [-0.05, 0) is 98.5 Å². The highest BCUT2D eigenvalue weighted by molar-refractivity contribution is 5.82. The summed E-state index contributed by atoms with van der Waals surface area (Å²) < 4.78 is 19.1. The van der Waals surface area contributed by atoms with Gasteiger partial charge < -0.3 is 10.1 Å². The van der Waals surface area contributed by atoms with Crippen molar-refractivity contribution in [2.24, 2.45) is 5.92 Å². The lowest BCUT2D eigenvalue weighted by Gasteiger charge is -2.33. The van der Waals surface area contributed by atoms with E-state index in [0.717, 1.165) is 53.7 Å². The van der Waals surface area contributed by atoms with Crippen molar-refractivity contribution in [1.29, 1.82) is 0 Å². The average molecular weight is 446 g/mol. The highest BCUT2D eigenvalue weighted by Gasteiger charge is 2.27. The Balaban J connectivity index is 1.21. The van der Waals surface area contributed by atoms with Gasteiger partial charge in [-0.2, -0.15) is 4.98 Å². The Hall–Kier alpha value is -3.48. The van der Waals surface area contributed by atoms with Crippen molar-refractivity contribution in [3.63, 3.8) is 0 Å². The molecule has 6 nitrogen and oxygen atoms in total. The Morgan fingerprint density at radius 3 is 2.61 bits per heavy atom. The first-order valence-electron chi connectivity index (χ1n) is 11.5. The van der Waals surface area contributed by atoms with Gasteiger partial charge in [0.25, 0.3) is 0 Å². The molecule has 0 radical (unpaired) electrons. The van der Waals surface area contributed by atoms with Crippen LogP contribution in [-0.4, -0.2) is 33.3 Å². The van der Waals surface area contributed by atoms with Gasteiger partial charge in [0.1, 0.15) is 11.6 Å². The zero-order valence-corrected chi connectivity index (χ0v) is 18.9. The molecule has 1 aliphatic rings. The number of fused-ring (bicyclic) bond motifs is 1. The summed E-state index contributed by atoms with van der Waals surface area (Å²) in [5.74, 6) is 2.92.